The van der Waals surface area contributed by atoms with Crippen LogP contribution in [0.25, 0.3) is 10.2 Å². The molecule has 0 unspecified atom stereocenters. The van der Waals surface area contributed by atoms with Crippen molar-refractivity contribution in [2.24, 2.45) is 0 Å². The highest BCUT2D eigenvalue weighted by Gasteiger charge is 2.03. The lowest BCUT2D eigenvalue weighted by Crippen LogP contribution is -1.95. The summed E-state index contributed by atoms with van der Waals surface area (Å²) in [6.45, 7) is 0.829. The molecule has 0 bridgehead atoms. The first-order valence-corrected chi connectivity index (χ1v) is 7.62. The van der Waals surface area contributed by atoms with Crippen LogP contribution in [0.1, 0.15) is 4.88 Å². The maximum atomic E-state index is 4.53. The van der Waals surface area contributed by atoms with Crippen LogP contribution in [0.2, 0.25) is 0 Å². The number of hydrogen-bond donors (Lipinski definition) is 1. The van der Waals surface area contributed by atoms with E-state index in [9.17, 15) is 0 Å². The van der Waals surface area contributed by atoms with Gasteiger partial charge in [-0.15, -0.1) is 11.3 Å². The molecule has 0 aliphatic carbocycles. The molecule has 17 heavy (non-hydrogen) atoms. The number of para-hydroxylation sites is 1. The second-order valence-corrected chi connectivity index (χ2v) is 6.51. The number of anilines is 1. The summed E-state index contributed by atoms with van der Waals surface area (Å²) < 4.78 is 2.37. The SMILES string of the molecule is Brc1csc(CNc2nc3ccccc3s2)c1. The average molecular weight is 325 g/mol. The number of benzene rings is 1. The van der Waals surface area contributed by atoms with E-state index in [-0.39, 0.29) is 0 Å². The van der Waals surface area contributed by atoms with Gasteiger partial charge in [0, 0.05) is 14.7 Å². The van der Waals surface area contributed by atoms with Crippen LogP contribution < -0.4 is 5.32 Å². The van der Waals surface area contributed by atoms with Crippen LogP contribution in [0, 0.1) is 0 Å². The van der Waals surface area contributed by atoms with E-state index >= 15 is 0 Å². The maximum absolute atomic E-state index is 4.53. The van der Waals surface area contributed by atoms with Crippen LogP contribution in [0.15, 0.2) is 40.2 Å². The lowest BCUT2D eigenvalue weighted by atomic mass is 10.3. The van der Waals surface area contributed by atoms with Gasteiger partial charge in [-0.05, 0) is 34.1 Å². The Morgan fingerprint density at radius 2 is 2.18 bits per heavy atom. The lowest BCUT2D eigenvalue weighted by molar-refractivity contribution is 1.18. The van der Waals surface area contributed by atoms with Crippen molar-refractivity contribution >= 4 is 54.0 Å². The summed E-state index contributed by atoms with van der Waals surface area (Å²) in [7, 11) is 0. The standard InChI is InChI=1S/C12H9BrN2S2/c13-8-5-9(16-7-8)6-14-12-15-10-3-1-2-4-11(10)17-12/h1-5,7H,6H2,(H,14,15). The molecule has 0 amide bonds. The molecular formula is C12H9BrN2S2. The van der Waals surface area contributed by atoms with Crippen molar-refractivity contribution in [2.45, 2.75) is 6.54 Å². The number of nitrogens with one attached hydrogen (secondary N) is 1. The molecule has 3 rings (SSSR count). The van der Waals surface area contributed by atoms with Gasteiger partial charge in [-0.1, -0.05) is 23.5 Å². The molecule has 0 saturated heterocycles. The zero-order valence-electron chi connectivity index (χ0n) is 8.81. The van der Waals surface area contributed by atoms with Crippen LogP contribution in [0.3, 0.4) is 0 Å². The quantitative estimate of drug-likeness (QED) is 0.753. The average Bonchev–Trinajstić information content (AvgIpc) is 2.91. The Morgan fingerprint density at radius 3 is 2.94 bits per heavy atom. The molecule has 0 fully saturated rings. The number of nitrogens with zero attached hydrogens (tertiary/aromatic N) is 1. The molecule has 1 N–H and O–H groups in total. The molecule has 1 aromatic carbocycles. The molecular weight excluding hydrogens is 316 g/mol. The van der Waals surface area contributed by atoms with E-state index in [0.29, 0.717) is 0 Å². The second kappa shape index (κ2) is 4.76. The molecule has 0 radical (unpaired) electrons. The van der Waals surface area contributed by atoms with Crippen molar-refractivity contribution in [1.82, 2.24) is 4.98 Å². The maximum Gasteiger partial charge on any atom is 0.184 e. The van der Waals surface area contributed by atoms with E-state index in [1.165, 1.54) is 9.58 Å². The first-order valence-electron chi connectivity index (χ1n) is 5.13. The molecule has 0 spiro atoms. The van der Waals surface area contributed by atoms with E-state index in [0.717, 1.165) is 21.7 Å². The Hall–Kier alpha value is -0.910. The third-order valence-electron chi connectivity index (χ3n) is 2.33. The van der Waals surface area contributed by atoms with Gasteiger partial charge in [0.05, 0.1) is 16.8 Å². The van der Waals surface area contributed by atoms with Gasteiger partial charge in [-0.25, -0.2) is 4.98 Å². The molecule has 2 heterocycles. The van der Waals surface area contributed by atoms with Crippen LogP contribution in [-0.2, 0) is 6.54 Å². The Kier molecular flexibility index (Phi) is 3.13. The van der Waals surface area contributed by atoms with E-state index < -0.39 is 0 Å². The second-order valence-electron chi connectivity index (χ2n) is 3.57. The van der Waals surface area contributed by atoms with E-state index in [1.54, 1.807) is 22.7 Å². The van der Waals surface area contributed by atoms with Crippen molar-refractivity contribution in [1.29, 1.82) is 0 Å². The third kappa shape index (κ3) is 2.51. The number of halogens is 1. The molecule has 3 aromatic rings. The van der Waals surface area contributed by atoms with Gasteiger partial charge in [0.1, 0.15) is 0 Å². The first kappa shape index (κ1) is 11.2. The molecule has 2 aromatic heterocycles. The number of hydrogen-bond acceptors (Lipinski definition) is 4. The molecule has 0 atom stereocenters. The van der Waals surface area contributed by atoms with Crippen LogP contribution in [0.5, 0.6) is 0 Å². The van der Waals surface area contributed by atoms with Gasteiger partial charge in [-0.2, -0.15) is 0 Å². The number of thiazole rings is 1. The minimum Gasteiger partial charge on any atom is -0.357 e. The van der Waals surface area contributed by atoms with Crippen molar-refractivity contribution in [3.8, 4) is 0 Å². The van der Waals surface area contributed by atoms with Gasteiger partial charge < -0.3 is 5.32 Å². The predicted octanol–water partition coefficient (Wildman–Crippen LogP) is 4.73. The van der Waals surface area contributed by atoms with Crippen LogP contribution >= 0.6 is 38.6 Å². The Bertz CT molecular complexity index is 612. The fourth-order valence-corrected chi connectivity index (χ4v) is 3.81. The first-order chi connectivity index (χ1) is 8.31. The zero-order valence-corrected chi connectivity index (χ0v) is 12.0. The number of fused-ring (bicyclic) bond motifs is 1. The Morgan fingerprint density at radius 1 is 1.29 bits per heavy atom. The lowest BCUT2D eigenvalue weighted by Gasteiger charge is -1.98. The van der Waals surface area contributed by atoms with Crippen LogP contribution in [0.4, 0.5) is 5.13 Å². The largest absolute Gasteiger partial charge is 0.357 e. The van der Waals surface area contributed by atoms with E-state index in [4.69, 9.17) is 0 Å². The van der Waals surface area contributed by atoms with E-state index in [2.05, 4.69) is 43.7 Å². The summed E-state index contributed by atoms with van der Waals surface area (Å²) in [5.74, 6) is 0. The summed E-state index contributed by atoms with van der Waals surface area (Å²) >= 11 is 6.89. The summed E-state index contributed by atoms with van der Waals surface area (Å²) in [6.07, 6.45) is 0. The highest BCUT2D eigenvalue weighted by atomic mass is 79.9. The minimum absolute atomic E-state index is 0.829. The number of rotatable bonds is 3. The van der Waals surface area contributed by atoms with E-state index in [1.807, 2.05) is 18.2 Å². The zero-order chi connectivity index (χ0) is 11.7. The minimum atomic E-state index is 0.829. The molecule has 0 aliphatic heterocycles. The number of aromatic nitrogens is 1. The fourth-order valence-electron chi connectivity index (χ4n) is 1.56. The fraction of sp³-hybridized carbons (Fsp3) is 0.0833. The van der Waals surface area contributed by atoms with Crippen LogP contribution in [-0.4, -0.2) is 4.98 Å². The summed E-state index contributed by atoms with van der Waals surface area (Å²) in [4.78, 5) is 5.84. The number of thiophene rings is 1. The molecule has 0 aliphatic rings. The molecule has 0 saturated carbocycles. The highest BCUT2D eigenvalue weighted by molar-refractivity contribution is 9.10. The normalized spacial score (nSPS) is 10.9. The summed E-state index contributed by atoms with van der Waals surface area (Å²) in [6, 6.07) is 10.3. The molecule has 86 valence electrons. The predicted molar refractivity (Wildman–Crippen MR) is 79.0 cm³/mol. The van der Waals surface area contributed by atoms with Gasteiger partial charge in [0.2, 0.25) is 0 Å². The smallest absolute Gasteiger partial charge is 0.184 e. The van der Waals surface area contributed by atoms with Crippen molar-refractivity contribution < 1.29 is 0 Å². The topological polar surface area (TPSA) is 24.9 Å². The van der Waals surface area contributed by atoms with Gasteiger partial charge in [-0.3, -0.25) is 0 Å². The summed E-state index contributed by atoms with van der Waals surface area (Å²) in [5, 5.41) is 6.44. The monoisotopic (exact) mass is 324 g/mol. The Labute approximate surface area is 115 Å². The van der Waals surface area contributed by atoms with Crippen molar-refractivity contribution in [3.63, 3.8) is 0 Å². The van der Waals surface area contributed by atoms with Gasteiger partial charge >= 0.3 is 0 Å². The molecule has 2 nitrogen and oxygen atoms in total. The third-order valence-corrected chi connectivity index (χ3v) is 5.02. The van der Waals surface area contributed by atoms with Crippen molar-refractivity contribution in [3.05, 3.63) is 45.1 Å². The van der Waals surface area contributed by atoms with Gasteiger partial charge in [0.15, 0.2) is 5.13 Å². The van der Waals surface area contributed by atoms with Crippen molar-refractivity contribution in [2.75, 3.05) is 5.32 Å². The molecule has 5 heteroatoms. The highest BCUT2D eigenvalue weighted by Crippen LogP contribution is 2.26. The van der Waals surface area contributed by atoms with Gasteiger partial charge in [0.25, 0.3) is 0 Å². The Balaban J connectivity index is 1.76. The summed E-state index contributed by atoms with van der Waals surface area (Å²) in [5.41, 5.74) is 1.06.